The number of ether oxygens (including phenoxy) is 1. The zero-order valence-electron chi connectivity index (χ0n) is 11.2. The highest BCUT2D eigenvalue weighted by Gasteiger charge is 2.16. The van der Waals surface area contributed by atoms with E-state index in [-0.39, 0.29) is 5.91 Å². The highest BCUT2D eigenvalue weighted by molar-refractivity contribution is 7.16. The summed E-state index contributed by atoms with van der Waals surface area (Å²) in [7, 11) is 0. The number of nitrogens with zero attached hydrogens (tertiary/aromatic N) is 1. The Bertz CT molecular complexity index is 488. The molecule has 0 aliphatic carbocycles. The van der Waals surface area contributed by atoms with Crippen molar-refractivity contribution < 1.29 is 9.53 Å². The van der Waals surface area contributed by atoms with E-state index in [4.69, 9.17) is 10.00 Å². The van der Waals surface area contributed by atoms with E-state index < -0.39 is 6.10 Å². The molecule has 0 spiro atoms. The number of nitriles is 1. The molecule has 0 aromatic carbocycles. The van der Waals surface area contributed by atoms with Crippen LogP contribution in [0, 0.1) is 11.3 Å². The second-order valence-electron chi connectivity index (χ2n) is 4.00. The topological polar surface area (TPSA) is 62.1 Å². The van der Waals surface area contributed by atoms with Crippen molar-refractivity contribution in [2.75, 3.05) is 11.9 Å². The molecular weight excluding hydrogens is 260 g/mol. The van der Waals surface area contributed by atoms with Gasteiger partial charge in [-0.3, -0.25) is 4.79 Å². The van der Waals surface area contributed by atoms with Crippen LogP contribution in [0.3, 0.4) is 0 Å². The average molecular weight is 278 g/mol. The van der Waals surface area contributed by atoms with Gasteiger partial charge >= 0.3 is 0 Å². The van der Waals surface area contributed by atoms with Gasteiger partial charge in [-0.05, 0) is 25.8 Å². The Balaban J connectivity index is 2.63. The summed E-state index contributed by atoms with van der Waals surface area (Å²) >= 11 is 1.43. The van der Waals surface area contributed by atoms with Crippen LogP contribution in [0.25, 0.3) is 0 Å². The highest BCUT2D eigenvalue weighted by atomic mass is 32.1. The van der Waals surface area contributed by atoms with Crippen molar-refractivity contribution in [1.29, 1.82) is 5.26 Å². The van der Waals surface area contributed by atoms with Crippen molar-refractivity contribution in [3.8, 4) is 6.07 Å². The fraction of sp³-hybridized carbons (Fsp3) is 0.429. The quantitative estimate of drug-likeness (QED) is 0.616. The average Bonchev–Trinajstić information content (AvgIpc) is 2.81. The molecule has 5 heteroatoms. The van der Waals surface area contributed by atoms with Gasteiger partial charge in [-0.15, -0.1) is 17.9 Å². The van der Waals surface area contributed by atoms with E-state index in [2.05, 4.69) is 18.0 Å². The number of amides is 1. The molecule has 1 aromatic heterocycles. The summed E-state index contributed by atoms with van der Waals surface area (Å²) in [6.07, 6.45) is 2.75. The SMILES string of the molecule is C=CCCOC(C)C(=O)Nc1sc(CC)cc1C#N. The molecule has 0 bridgehead atoms. The van der Waals surface area contributed by atoms with Crippen LogP contribution in [-0.4, -0.2) is 18.6 Å². The molecule has 0 aliphatic heterocycles. The molecule has 0 fully saturated rings. The lowest BCUT2D eigenvalue weighted by atomic mass is 10.3. The summed E-state index contributed by atoms with van der Waals surface area (Å²) in [6, 6.07) is 3.90. The van der Waals surface area contributed by atoms with Crippen molar-refractivity contribution in [3.05, 3.63) is 29.2 Å². The minimum absolute atomic E-state index is 0.231. The molecule has 1 unspecified atom stereocenters. The molecule has 0 saturated heterocycles. The summed E-state index contributed by atoms with van der Waals surface area (Å²) in [4.78, 5) is 13.0. The van der Waals surface area contributed by atoms with Crippen LogP contribution in [0.15, 0.2) is 18.7 Å². The van der Waals surface area contributed by atoms with Gasteiger partial charge in [0.05, 0.1) is 12.2 Å². The summed E-state index contributed by atoms with van der Waals surface area (Å²) in [5, 5.41) is 12.4. The Morgan fingerprint density at radius 2 is 2.47 bits per heavy atom. The standard InChI is InChI=1S/C14H18N2O2S/c1-4-6-7-18-10(3)13(17)16-14-11(9-15)8-12(5-2)19-14/h4,8,10H,1,5-7H2,2-3H3,(H,16,17). The van der Waals surface area contributed by atoms with Crippen LogP contribution in [0.4, 0.5) is 5.00 Å². The minimum atomic E-state index is -0.543. The lowest BCUT2D eigenvalue weighted by Crippen LogP contribution is -2.27. The maximum absolute atomic E-state index is 11.9. The van der Waals surface area contributed by atoms with Crippen molar-refractivity contribution in [3.63, 3.8) is 0 Å². The normalized spacial score (nSPS) is 11.6. The highest BCUT2D eigenvalue weighted by Crippen LogP contribution is 2.28. The number of carbonyl (C=O) groups excluding carboxylic acids is 1. The molecule has 102 valence electrons. The molecule has 0 saturated carbocycles. The fourth-order valence-electron chi connectivity index (χ4n) is 1.41. The molecule has 0 radical (unpaired) electrons. The van der Waals surface area contributed by atoms with Gasteiger partial charge in [0.2, 0.25) is 0 Å². The molecule has 1 atom stereocenters. The minimum Gasteiger partial charge on any atom is -0.368 e. The lowest BCUT2D eigenvalue weighted by Gasteiger charge is -2.11. The van der Waals surface area contributed by atoms with E-state index in [0.717, 1.165) is 11.3 Å². The zero-order chi connectivity index (χ0) is 14.3. The third-order valence-corrected chi connectivity index (χ3v) is 3.74. The number of aryl methyl sites for hydroxylation is 1. The van der Waals surface area contributed by atoms with Crippen LogP contribution in [0.5, 0.6) is 0 Å². The van der Waals surface area contributed by atoms with Gasteiger partial charge in [-0.25, -0.2) is 0 Å². The van der Waals surface area contributed by atoms with E-state index in [1.807, 2.05) is 13.0 Å². The maximum Gasteiger partial charge on any atom is 0.253 e. The molecular formula is C14H18N2O2S. The first-order valence-corrected chi connectivity index (χ1v) is 7.00. The Morgan fingerprint density at radius 1 is 1.74 bits per heavy atom. The first-order valence-electron chi connectivity index (χ1n) is 6.18. The van der Waals surface area contributed by atoms with Gasteiger partial charge in [0.25, 0.3) is 5.91 Å². The van der Waals surface area contributed by atoms with Gasteiger partial charge < -0.3 is 10.1 Å². The Kier molecular flexibility index (Phi) is 6.26. The molecule has 1 aromatic rings. The lowest BCUT2D eigenvalue weighted by molar-refractivity contribution is -0.126. The number of hydrogen-bond donors (Lipinski definition) is 1. The smallest absolute Gasteiger partial charge is 0.253 e. The summed E-state index contributed by atoms with van der Waals surface area (Å²) in [5.41, 5.74) is 0.508. The van der Waals surface area contributed by atoms with E-state index in [9.17, 15) is 4.79 Å². The Labute approximate surface area is 117 Å². The van der Waals surface area contributed by atoms with Crippen LogP contribution in [0.1, 0.15) is 30.7 Å². The van der Waals surface area contributed by atoms with E-state index in [0.29, 0.717) is 23.6 Å². The van der Waals surface area contributed by atoms with Gasteiger partial charge in [0.15, 0.2) is 0 Å². The third-order valence-electron chi connectivity index (χ3n) is 2.55. The van der Waals surface area contributed by atoms with Crippen molar-refractivity contribution in [2.24, 2.45) is 0 Å². The maximum atomic E-state index is 11.9. The number of anilines is 1. The summed E-state index contributed by atoms with van der Waals surface area (Å²) < 4.78 is 5.36. The Hall–Kier alpha value is -1.64. The molecule has 1 rings (SSSR count). The van der Waals surface area contributed by atoms with E-state index >= 15 is 0 Å². The second-order valence-corrected chi connectivity index (χ2v) is 5.14. The molecule has 1 heterocycles. The number of nitrogens with one attached hydrogen (secondary N) is 1. The molecule has 1 amide bonds. The zero-order valence-corrected chi connectivity index (χ0v) is 12.0. The fourth-order valence-corrected chi connectivity index (χ4v) is 2.36. The van der Waals surface area contributed by atoms with Crippen LogP contribution < -0.4 is 5.32 Å². The van der Waals surface area contributed by atoms with Crippen molar-refractivity contribution in [1.82, 2.24) is 0 Å². The summed E-state index contributed by atoms with van der Waals surface area (Å²) in [6.45, 7) is 7.76. The molecule has 1 N–H and O–H groups in total. The molecule has 19 heavy (non-hydrogen) atoms. The number of thiophene rings is 1. The molecule has 4 nitrogen and oxygen atoms in total. The van der Waals surface area contributed by atoms with E-state index in [1.54, 1.807) is 13.0 Å². The number of rotatable bonds is 7. The number of carbonyl (C=O) groups is 1. The van der Waals surface area contributed by atoms with Gasteiger partial charge in [-0.1, -0.05) is 13.0 Å². The third kappa shape index (κ3) is 4.51. The van der Waals surface area contributed by atoms with Crippen LogP contribution in [0.2, 0.25) is 0 Å². The van der Waals surface area contributed by atoms with Gasteiger partial charge in [0.1, 0.15) is 17.2 Å². The predicted octanol–water partition coefficient (Wildman–Crippen LogP) is 3.10. The second kappa shape index (κ2) is 7.72. The first kappa shape index (κ1) is 15.4. The Morgan fingerprint density at radius 3 is 3.05 bits per heavy atom. The number of hydrogen-bond acceptors (Lipinski definition) is 4. The van der Waals surface area contributed by atoms with Gasteiger partial charge in [-0.2, -0.15) is 5.26 Å². The van der Waals surface area contributed by atoms with Crippen LogP contribution >= 0.6 is 11.3 Å². The van der Waals surface area contributed by atoms with Crippen LogP contribution in [-0.2, 0) is 16.0 Å². The van der Waals surface area contributed by atoms with Crippen molar-refractivity contribution in [2.45, 2.75) is 32.8 Å². The first-order chi connectivity index (χ1) is 9.12. The van der Waals surface area contributed by atoms with Crippen molar-refractivity contribution >= 4 is 22.2 Å². The van der Waals surface area contributed by atoms with E-state index in [1.165, 1.54) is 11.3 Å². The summed E-state index contributed by atoms with van der Waals surface area (Å²) in [5.74, 6) is -0.231. The van der Waals surface area contributed by atoms with Gasteiger partial charge in [0, 0.05) is 4.88 Å². The monoisotopic (exact) mass is 278 g/mol. The molecule has 0 aliphatic rings. The predicted molar refractivity (Wildman–Crippen MR) is 77.3 cm³/mol. The largest absolute Gasteiger partial charge is 0.368 e.